The quantitative estimate of drug-likeness (QED) is 0.461. The number of phenols is 1. The zero-order valence-electron chi connectivity index (χ0n) is 15.9. The number of ether oxygens (including phenoxy) is 2. The molecule has 144 valence electrons. The van der Waals surface area contributed by atoms with Crippen LogP contribution in [0.4, 0.5) is 0 Å². The largest absolute Gasteiger partial charge is 0.507 e. The Labute approximate surface area is 155 Å². The Kier molecular flexibility index (Phi) is 7.95. The molecule has 1 aromatic rings. The fraction of sp³-hybridized carbons (Fsp3) is 0.619. The van der Waals surface area contributed by atoms with E-state index in [1.165, 1.54) is 13.2 Å². The van der Waals surface area contributed by atoms with Crippen LogP contribution in [-0.4, -0.2) is 30.1 Å². The highest BCUT2D eigenvalue weighted by atomic mass is 16.5. The number of hydrogen-bond acceptors (Lipinski definition) is 5. The summed E-state index contributed by atoms with van der Waals surface area (Å²) in [5.74, 6) is 0.370. The zero-order valence-corrected chi connectivity index (χ0v) is 15.9. The average molecular weight is 362 g/mol. The molecule has 1 aliphatic rings. The number of phenolic OH excluding ortho intramolecular Hbond substituents is 1. The first-order valence-electron chi connectivity index (χ1n) is 9.67. The molecule has 1 aromatic carbocycles. The molecule has 1 heterocycles. The Hall–Kier alpha value is -2.04. The van der Waals surface area contributed by atoms with Gasteiger partial charge in [-0.3, -0.25) is 4.79 Å². The van der Waals surface area contributed by atoms with E-state index in [9.17, 15) is 14.7 Å². The topological polar surface area (TPSA) is 72.8 Å². The first-order chi connectivity index (χ1) is 12.5. The molecule has 0 saturated heterocycles. The summed E-state index contributed by atoms with van der Waals surface area (Å²) >= 11 is 0. The summed E-state index contributed by atoms with van der Waals surface area (Å²) in [6.45, 7) is 2.10. The van der Waals surface area contributed by atoms with E-state index < -0.39 is 5.97 Å². The van der Waals surface area contributed by atoms with Gasteiger partial charge in [-0.2, -0.15) is 0 Å². The summed E-state index contributed by atoms with van der Waals surface area (Å²) in [5, 5.41) is 9.99. The maximum absolute atomic E-state index is 12.2. The Morgan fingerprint density at radius 1 is 1.19 bits per heavy atom. The number of methoxy groups -OCH3 is 1. The van der Waals surface area contributed by atoms with Crippen LogP contribution >= 0.6 is 0 Å². The third-order valence-electron chi connectivity index (χ3n) is 4.87. The normalized spacial score (nSPS) is 16.1. The van der Waals surface area contributed by atoms with Crippen molar-refractivity contribution in [2.45, 2.75) is 77.2 Å². The number of rotatable bonds is 11. The summed E-state index contributed by atoms with van der Waals surface area (Å²) in [4.78, 5) is 23.8. The summed E-state index contributed by atoms with van der Waals surface area (Å²) < 4.78 is 10.6. The van der Waals surface area contributed by atoms with Crippen molar-refractivity contribution in [1.29, 1.82) is 0 Å². The second-order valence-electron chi connectivity index (χ2n) is 7.01. The predicted octanol–water partition coefficient (Wildman–Crippen LogP) is 4.58. The lowest BCUT2D eigenvalue weighted by molar-refractivity contribution is -0.119. The molecule has 26 heavy (non-hydrogen) atoms. The van der Waals surface area contributed by atoms with Crippen LogP contribution in [0.25, 0.3) is 0 Å². The Morgan fingerprint density at radius 3 is 2.65 bits per heavy atom. The number of benzene rings is 1. The molecule has 1 atom stereocenters. The van der Waals surface area contributed by atoms with Crippen LogP contribution in [-0.2, 0) is 16.0 Å². The number of esters is 1. The van der Waals surface area contributed by atoms with E-state index in [1.54, 1.807) is 6.07 Å². The van der Waals surface area contributed by atoms with Crippen molar-refractivity contribution in [3.63, 3.8) is 0 Å². The second kappa shape index (κ2) is 10.2. The minimum atomic E-state index is -0.460. The van der Waals surface area contributed by atoms with Crippen LogP contribution in [0.15, 0.2) is 12.1 Å². The number of fused-ring (bicyclic) bond motifs is 1. The highest BCUT2D eigenvalue weighted by Crippen LogP contribution is 2.33. The van der Waals surface area contributed by atoms with Crippen LogP contribution in [0.3, 0.4) is 0 Å². The standard InChI is InChI=1S/C21H30O5/c1-3-4-9-16(22)10-7-5-6-8-11-17-12-15-13-18(25-2)14-19(23)20(15)21(24)26-17/h13-14,17,23H,3-12H2,1-2H3/t17-/m1/s1. The van der Waals surface area contributed by atoms with Crippen molar-refractivity contribution < 1.29 is 24.2 Å². The minimum Gasteiger partial charge on any atom is -0.507 e. The van der Waals surface area contributed by atoms with E-state index in [2.05, 4.69) is 6.92 Å². The van der Waals surface area contributed by atoms with Gasteiger partial charge in [-0.15, -0.1) is 0 Å². The molecule has 2 rings (SSSR count). The molecule has 1 aliphatic heterocycles. The zero-order chi connectivity index (χ0) is 18.9. The van der Waals surface area contributed by atoms with Crippen LogP contribution in [0, 0.1) is 0 Å². The summed E-state index contributed by atoms with van der Waals surface area (Å²) in [7, 11) is 1.53. The van der Waals surface area contributed by atoms with Gasteiger partial charge in [0.2, 0.25) is 0 Å². The van der Waals surface area contributed by atoms with Crippen LogP contribution in [0.5, 0.6) is 11.5 Å². The third-order valence-corrected chi connectivity index (χ3v) is 4.87. The first-order valence-corrected chi connectivity index (χ1v) is 9.67. The number of unbranched alkanes of at least 4 members (excludes halogenated alkanes) is 4. The van der Waals surface area contributed by atoms with Gasteiger partial charge in [0, 0.05) is 25.3 Å². The van der Waals surface area contributed by atoms with Crippen molar-refractivity contribution in [2.24, 2.45) is 0 Å². The average Bonchev–Trinajstić information content (AvgIpc) is 2.62. The van der Waals surface area contributed by atoms with Gasteiger partial charge in [0.05, 0.1) is 7.11 Å². The van der Waals surface area contributed by atoms with Crippen molar-refractivity contribution >= 4 is 11.8 Å². The Morgan fingerprint density at radius 2 is 1.92 bits per heavy atom. The molecule has 5 heteroatoms. The van der Waals surface area contributed by atoms with Gasteiger partial charge in [0.15, 0.2) is 0 Å². The van der Waals surface area contributed by atoms with E-state index >= 15 is 0 Å². The SMILES string of the molecule is CCCCC(=O)CCCCCC[C@@H]1Cc2cc(OC)cc(O)c2C(=O)O1. The van der Waals surface area contributed by atoms with E-state index in [1.807, 2.05) is 0 Å². The molecule has 0 fully saturated rings. The van der Waals surface area contributed by atoms with Gasteiger partial charge in [-0.05, 0) is 37.3 Å². The van der Waals surface area contributed by atoms with E-state index in [-0.39, 0.29) is 17.4 Å². The summed E-state index contributed by atoms with van der Waals surface area (Å²) in [6, 6.07) is 3.23. The second-order valence-corrected chi connectivity index (χ2v) is 7.01. The molecule has 0 unspecified atom stereocenters. The van der Waals surface area contributed by atoms with Crippen LogP contribution < -0.4 is 4.74 Å². The molecule has 0 saturated carbocycles. The van der Waals surface area contributed by atoms with Crippen molar-refractivity contribution in [3.05, 3.63) is 23.3 Å². The highest BCUT2D eigenvalue weighted by molar-refractivity contribution is 5.95. The van der Waals surface area contributed by atoms with E-state index in [4.69, 9.17) is 9.47 Å². The first kappa shape index (κ1) is 20.3. The lowest BCUT2D eigenvalue weighted by atomic mass is 9.94. The predicted molar refractivity (Wildman–Crippen MR) is 99.8 cm³/mol. The van der Waals surface area contributed by atoms with Gasteiger partial charge in [0.25, 0.3) is 0 Å². The minimum absolute atomic E-state index is 0.0875. The molecular weight excluding hydrogens is 332 g/mol. The third kappa shape index (κ3) is 5.75. The number of cyclic esters (lactones) is 1. The summed E-state index contributed by atoms with van der Waals surface area (Å²) in [5.41, 5.74) is 1.04. The van der Waals surface area contributed by atoms with Crippen molar-refractivity contribution in [3.8, 4) is 11.5 Å². The van der Waals surface area contributed by atoms with Gasteiger partial charge in [0.1, 0.15) is 28.9 Å². The molecule has 0 aliphatic carbocycles. The number of hydrogen-bond donors (Lipinski definition) is 1. The monoisotopic (exact) mass is 362 g/mol. The van der Waals surface area contributed by atoms with Crippen LogP contribution in [0.2, 0.25) is 0 Å². The molecular formula is C21H30O5. The lowest BCUT2D eigenvalue weighted by Gasteiger charge is -2.25. The highest BCUT2D eigenvalue weighted by Gasteiger charge is 2.29. The van der Waals surface area contributed by atoms with E-state index in [0.29, 0.717) is 30.8 Å². The fourth-order valence-corrected chi connectivity index (χ4v) is 3.38. The maximum Gasteiger partial charge on any atom is 0.342 e. The molecule has 5 nitrogen and oxygen atoms in total. The molecule has 0 bridgehead atoms. The van der Waals surface area contributed by atoms with Crippen molar-refractivity contribution in [1.82, 2.24) is 0 Å². The lowest BCUT2D eigenvalue weighted by Crippen LogP contribution is -2.27. The van der Waals surface area contributed by atoms with Crippen LogP contribution in [0.1, 0.15) is 80.6 Å². The van der Waals surface area contributed by atoms with E-state index in [0.717, 1.165) is 50.5 Å². The summed E-state index contributed by atoms with van der Waals surface area (Å²) in [6.07, 6.45) is 8.67. The number of carbonyl (C=O) groups excluding carboxylic acids is 2. The number of aromatic hydroxyl groups is 1. The molecule has 0 radical (unpaired) electrons. The van der Waals surface area contributed by atoms with Crippen molar-refractivity contribution in [2.75, 3.05) is 7.11 Å². The molecule has 1 N–H and O–H groups in total. The fourth-order valence-electron chi connectivity index (χ4n) is 3.38. The van der Waals surface area contributed by atoms with Gasteiger partial charge >= 0.3 is 5.97 Å². The van der Waals surface area contributed by atoms with Gasteiger partial charge in [-0.1, -0.05) is 26.2 Å². The number of ketones is 1. The Balaban J connectivity index is 1.72. The number of Topliss-reactive ketones (excluding diaryl/α,β-unsaturated/α-hetero) is 1. The molecule has 0 aromatic heterocycles. The Bertz CT molecular complexity index is 623. The van der Waals surface area contributed by atoms with Gasteiger partial charge in [-0.25, -0.2) is 4.79 Å². The van der Waals surface area contributed by atoms with Gasteiger partial charge < -0.3 is 14.6 Å². The molecule has 0 spiro atoms. The maximum atomic E-state index is 12.2. The number of carbonyl (C=O) groups is 2. The molecule has 0 amide bonds. The smallest absolute Gasteiger partial charge is 0.342 e.